The Hall–Kier alpha value is -1.01. The van der Waals surface area contributed by atoms with E-state index >= 15 is 0 Å². The molecule has 1 N–H and O–H groups in total. The quantitative estimate of drug-likeness (QED) is 0.412. The van der Waals surface area contributed by atoms with E-state index in [2.05, 4.69) is 10.7 Å². The molecule has 0 heterocycles. The minimum Gasteiger partial charge on any atom is -0.469 e. The first-order chi connectivity index (χ1) is 6.46. The second-order valence-corrected chi connectivity index (χ2v) is 3.83. The number of aliphatic hydroxyl groups excluding tert-OH is 1. The predicted octanol–water partition coefficient (Wildman–Crippen LogP) is 1.35. The third-order valence-corrected chi connectivity index (χ3v) is 2.34. The molecule has 3 heteroatoms. The van der Waals surface area contributed by atoms with E-state index in [4.69, 9.17) is 6.42 Å². The largest absolute Gasteiger partial charge is 0.469 e. The molecule has 0 amide bonds. The zero-order chi connectivity index (χ0) is 11.2. The summed E-state index contributed by atoms with van der Waals surface area (Å²) in [6, 6.07) is 0. The molecular weight excluding hydrogens is 180 g/mol. The predicted molar refractivity (Wildman–Crippen MR) is 54.5 cm³/mol. The number of methoxy groups -OCH3 is 1. The van der Waals surface area contributed by atoms with Gasteiger partial charge in [0.2, 0.25) is 0 Å². The molecule has 0 aliphatic heterocycles. The second-order valence-electron chi connectivity index (χ2n) is 3.83. The van der Waals surface area contributed by atoms with Crippen molar-refractivity contribution >= 4 is 5.97 Å². The van der Waals surface area contributed by atoms with Crippen LogP contribution in [0, 0.1) is 17.8 Å². The molecule has 0 aromatic rings. The zero-order valence-electron chi connectivity index (χ0n) is 9.04. The Labute approximate surface area is 85.5 Å². The highest BCUT2D eigenvalue weighted by molar-refractivity contribution is 5.76. The summed E-state index contributed by atoms with van der Waals surface area (Å²) in [6.45, 7) is 3.33. The molecule has 0 bridgehead atoms. The van der Waals surface area contributed by atoms with Gasteiger partial charge < -0.3 is 9.84 Å². The first kappa shape index (κ1) is 13.0. The van der Waals surface area contributed by atoms with Crippen LogP contribution in [0.25, 0.3) is 0 Å². The van der Waals surface area contributed by atoms with Crippen LogP contribution in [0.3, 0.4) is 0 Å². The molecule has 0 saturated heterocycles. The van der Waals surface area contributed by atoms with Crippen LogP contribution in [0.1, 0.15) is 33.1 Å². The lowest BCUT2D eigenvalue weighted by Crippen LogP contribution is -2.38. The Morgan fingerprint density at radius 2 is 2.21 bits per heavy atom. The zero-order valence-corrected chi connectivity index (χ0v) is 9.04. The number of aliphatic hydroxyl groups is 1. The van der Waals surface area contributed by atoms with Crippen LogP contribution < -0.4 is 0 Å². The van der Waals surface area contributed by atoms with Gasteiger partial charge in [-0.1, -0.05) is 0 Å². The summed E-state index contributed by atoms with van der Waals surface area (Å²) < 4.78 is 4.60. The molecule has 0 aliphatic carbocycles. The molecule has 3 nitrogen and oxygen atoms in total. The van der Waals surface area contributed by atoms with Gasteiger partial charge in [-0.2, -0.15) is 0 Å². The number of hydrogen-bond donors (Lipinski definition) is 1. The van der Waals surface area contributed by atoms with Crippen molar-refractivity contribution in [2.24, 2.45) is 5.41 Å². The molecule has 1 atom stereocenters. The minimum atomic E-state index is -0.858. The number of unbranched alkanes of at least 4 members (excludes halogenated alkanes) is 1. The van der Waals surface area contributed by atoms with Crippen LogP contribution in [-0.2, 0) is 9.53 Å². The van der Waals surface area contributed by atoms with Crippen molar-refractivity contribution in [3.63, 3.8) is 0 Å². The molecule has 80 valence electrons. The van der Waals surface area contributed by atoms with Gasteiger partial charge in [-0.15, -0.1) is 12.3 Å². The van der Waals surface area contributed by atoms with Gasteiger partial charge in [0.05, 0.1) is 18.6 Å². The van der Waals surface area contributed by atoms with Gasteiger partial charge in [-0.05, 0) is 26.7 Å². The summed E-state index contributed by atoms with van der Waals surface area (Å²) in [7, 11) is 1.32. The van der Waals surface area contributed by atoms with Gasteiger partial charge in [0, 0.05) is 6.42 Å². The van der Waals surface area contributed by atoms with Crippen molar-refractivity contribution in [3.8, 4) is 12.3 Å². The maximum absolute atomic E-state index is 11.3. The first-order valence-electron chi connectivity index (χ1n) is 4.66. The molecular formula is C11H18O3. The van der Waals surface area contributed by atoms with Crippen LogP contribution in [0.15, 0.2) is 0 Å². The summed E-state index contributed by atoms with van der Waals surface area (Å²) in [5.74, 6) is 2.09. The lowest BCUT2D eigenvalue weighted by atomic mass is 9.84. The molecule has 0 radical (unpaired) electrons. The normalized spacial score (nSPS) is 13.1. The molecule has 14 heavy (non-hydrogen) atoms. The molecule has 0 rings (SSSR count). The summed E-state index contributed by atoms with van der Waals surface area (Å²) in [6.07, 6.45) is 6.24. The fourth-order valence-electron chi connectivity index (χ4n) is 1.16. The topological polar surface area (TPSA) is 46.5 Å². The van der Waals surface area contributed by atoms with Crippen molar-refractivity contribution in [1.29, 1.82) is 0 Å². The van der Waals surface area contributed by atoms with Gasteiger partial charge in [-0.3, -0.25) is 4.79 Å². The van der Waals surface area contributed by atoms with E-state index < -0.39 is 17.5 Å². The highest BCUT2D eigenvalue weighted by Crippen LogP contribution is 2.25. The SMILES string of the molecule is C#CCCCC(O)C(C)(C)C(=O)OC. The van der Waals surface area contributed by atoms with Gasteiger partial charge in [0.25, 0.3) is 0 Å². The van der Waals surface area contributed by atoms with Crippen LogP contribution in [0.4, 0.5) is 0 Å². The van der Waals surface area contributed by atoms with E-state index in [9.17, 15) is 9.90 Å². The standard InChI is InChI=1S/C11H18O3/c1-5-6-7-8-9(12)11(2,3)10(13)14-4/h1,9,12H,6-8H2,2-4H3. The van der Waals surface area contributed by atoms with Gasteiger partial charge in [0.15, 0.2) is 0 Å². The first-order valence-corrected chi connectivity index (χ1v) is 4.66. The number of carbonyl (C=O) groups is 1. The fraction of sp³-hybridized carbons (Fsp3) is 0.727. The van der Waals surface area contributed by atoms with E-state index in [1.54, 1.807) is 13.8 Å². The van der Waals surface area contributed by atoms with E-state index in [0.29, 0.717) is 12.8 Å². The van der Waals surface area contributed by atoms with Crippen LogP contribution in [0.5, 0.6) is 0 Å². The van der Waals surface area contributed by atoms with Crippen molar-refractivity contribution in [2.45, 2.75) is 39.2 Å². The molecule has 0 aromatic heterocycles. The number of hydrogen-bond acceptors (Lipinski definition) is 3. The maximum Gasteiger partial charge on any atom is 0.313 e. The van der Waals surface area contributed by atoms with Crippen molar-refractivity contribution in [3.05, 3.63) is 0 Å². The van der Waals surface area contributed by atoms with E-state index in [1.807, 2.05) is 0 Å². The Morgan fingerprint density at radius 1 is 1.64 bits per heavy atom. The van der Waals surface area contributed by atoms with Crippen LogP contribution in [0.2, 0.25) is 0 Å². The molecule has 0 aromatic carbocycles. The van der Waals surface area contributed by atoms with E-state index in [0.717, 1.165) is 6.42 Å². The summed E-state index contributed by atoms with van der Waals surface area (Å²) in [5, 5.41) is 9.74. The molecule has 1 unspecified atom stereocenters. The molecule has 0 spiro atoms. The average molecular weight is 198 g/mol. The lowest BCUT2D eigenvalue weighted by Gasteiger charge is -2.27. The molecule has 0 fully saturated rings. The number of esters is 1. The molecule has 0 saturated carbocycles. The fourth-order valence-corrected chi connectivity index (χ4v) is 1.16. The summed E-state index contributed by atoms with van der Waals surface area (Å²) >= 11 is 0. The lowest BCUT2D eigenvalue weighted by molar-refractivity contribution is -0.157. The highest BCUT2D eigenvalue weighted by atomic mass is 16.5. The number of carbonyl (C=O) groups excluding carboxylic acids is 1. The monoisotopic (exact) mass is 198 g/mol. The third kappa shape index (κ3) is 3.39. The average Bonchev–Trinajstić information content (AvgIpc) is 2.16. The van der Waals surface area contributed by atoms with Gasteiger partial charge in [-0.25, -0.2) is 0 Å². The Bertz CT molecular complexity index is 225. The number of terminal acetylenes is 1. The number of ether oxygens (including phenoxy) is 1. The third-order valence-electron chi connectivity index (χ3n) is 2.34. The second kappa shape index (κ2) is 5.66. The van der Waals surface area contributed by atoms with Crippen molar-refractivity contribution < 1.29 is 14.6 Å². The summed E-state index contributed by atoms with van der Waals surface area (Å²) in [4.78, 5) is 11.3. The maximum atomic E-state index is 11.3. The van der Waals surface area contributed by atoms with Gasteiger partial charge in [0.1, 0.15) is 0 Å². The Kier molecular flexibility index (Phi) is 5.26. The van der Waals surface area contributed by atoms with Gasteiger partial charge >= 0.3 is 5.97 Å². The van der Waals surface area contributed by atoms with Crippen LogP contribution >= 0.6 is 0 Å². The summed E-state index contributed by atoms with van der Waals surface area (Å²) in [5.41, 5.74) is -0.858. The smallest absolute Gasteiger partial charge is 0.313 e. The highest BCUT2D eigenvalue weighted by Gasteiger charge is 2.36. The van der Waals surface area contributed by atoms with E-state index in [1.165, 1.54) is 7.11 Å². The molecule has 0 aliphatic rings. The Balaban J connectivity index is 4.15. The van der Waals surface area contributed by atoms with Crippen molar-refractivity contribution in [2.75, 3.05) is 7.11 Å². The van der Waals surface area contributed by atoms with Crippen molar-refractivity contribution in [1.82, 2.24) is 0 Å². The number of rotatable bonds is 5. The van der Waals surface area contributed by atoms with Crippen LogP contribution in [-0.4, -0.2) is 24.3 Å². The minimum absolute atomic E-state index is 0.397. The Morgan fingerprint density at radius 3 is 2.64 bits per heavy atom. The van der Waals surface area contributed by atoms with E-state index in [-0.39, 0.29) is 0 Å².